The van der Waals surface area contributed by atoms with Crippen molar-refractivity contribution in [2.45, 2.75) is 109 Å². The standard InChI is InChI=1S/C28H50O10Si/c1-17(2)13-18(3)14-19(16-26(4,5)39(11,12)33)22-23(38-27(6,7)37-22)28(32,25(31)36-10)20(24(30)35-9)15-21(29)34-8/h15,17-19,22-23,32-33H,13-14,16H2,1-12H3/b20-15+/t18?,19-,22+,23-,28-/m1/s1. The fourth-order valence-electron chi connectivity index (χ4n) is 5.26. The summed E-state index contributed by atoms with van der Waals surface area (Å²) < 4.78 is 27.0. The van der Waals surface area contributed by atoms with Crippen molar-refractivity contribution >= 4 is 26.2 Å². The van der Waals surface area contributed by atoms with Crippen LogP contribution >= 0.6 is 0 Å². The van der Waals surface area contributed by atoms with Gasteiger partial charge in [-0.3, -0.25) is 0 Å². The number of ether oxygens (including phenoxy) is 5. The van der Waals surface area contributed by atoms with E-state index in [1.807, 2.05) is 26.9 Å². The number of carbonyl (C=O) groups excluding carboxylic acids is 3. The second-order valence-corrected chi connectivity index (χ2v) is 17.2. The molecule has 10 nitrogen and oxygen atoms in total. The van der Waals surface area contributed by atoms with E-state index < -0.39 is 60.4 Å². The van der Waals surface area contributed by atoms with E-state index in [0.29, 0.717) is 24.8 Å². The van der Waals surface area contributed by atoms with Crippen molar-refractivity contribution in [2.75, 3.05) is 21.3 Å². The van der Waals surface area contributed by atoms with Crippen LogP contribution in [0.5, 0.6) is 0 Å². The van der Waals surface area contributed by atoms with Gasteiger partial charge in [0.1, 0.15) is 6.10 Å². The third-order valence-corrected chi connectivity index (χ3v) is 11.3. The molecule has 0 saturated carbocycles. The van der Waals surface area contributed by atoms with E-state index in [1.54, 1.807) is 13.8 Å². The lowest BCUT2D eigenvalue weighted by molar-refractivity contribution is -0.187. The van der Waals surface area contributed by atoms with E-state index >= 15 is 0 Å². The minimum atomic E-state index is -2.77. The molecule has 226 valence electrons. The van der Waals surface area contributed by atoms with Crippen molar-refractivity contribution in [3.8, 4) is 0 Å². The number of hydrogen-bond donors (Lipinski definition) is 2. The minimum absolute atomic E-state index is 0.235. The minimum Gasteiger partial charge on any atom is -0.467 e. The highest BCUT2D eigenvalue weighted by Gasteiger charge is 2.62. The van der Waals surface area contributed by atoms with E-state index in [4.69, 9.17) is 18.9 Å². The molecule has 5 atom stereocenters. The first kappa shape index (κ1) is 35.2. The van der Waals surface area contributed by atoms with Gasteiger partial charge in [-0.15, -0.1) is 0 Å². The van der Waals surface area contributed by atoms with Gasteiger partial charge >= 0.3 is 17.9 Å². The SMILES string of the molecule is COC(=O)/C=C(\C(=O)OC)[C@](O)(C(=O)OC)[C@@H]1OC(C)(C)O[C@H]1[C@H](CC(C)CC(C)C)CC(C)(C)[Si](C)(C)O. The molecule has 1 aliphatic heterocycles. The Morgan fingerprint density at radius 2 is 1.56 bits per heavy atom. The summed E-state index contributed by atoms with van der Waals surface area (Å²) >= 11 is 0. The maximum absolute atomic E-state index is 13.3. The molecule has 1 rings (SSSR count). The summed E-state index contributed by atoms with van der Waals surface area (Å²) in [5, 5.41) is 11.6. The summed E-state index contributed by atoms with van der Waals surface area (Å²) in [6.45, 7) is 17.4. The van der Waals surface area contributed by atoms with Crippen molar-refractivity contribution in [2.24, 2.45) is 17.8 Å². The molecule has 0 spiro atoms. The Labute approximate surface area is 234 Å². The van der Waals surface area contributed by atoms with Crippen LogP contribution < -0.4 is 0 Å². The third-order valence-electron chi connectivity index (χ3n) is 7.79. The zero-order chi connectivity index (χ0) is 30.6. The van der Waals surface area contributed by atoms with Crippen LogP contribution in [-0.2, 0) is 38.1 Å². The van der Waals surface area contributed by atoms with E-state index in [-0.39, 0.29) is 11.8 Å². The Kier molecular flexibility index (Phi) is 12.0. The molecule has 0 aromatic heterocycles. The Bertz CT molecular complexity index is 905. The molecule has 0 aromatic rings. The van der Waals surface area contributed by atoms with Crippen LogP contribution in [0.25, 0.3) is 0 Å². The van der Waals surface area contributed by atoms with Crippen LogP contribution in [0.4, 0.5) is 0 Å². The summed E-state index contributed by atoms with van der Waals surface area (Å²) in [6.07, 6.45) is 0.397. The van der Waals surface area contributed by atoms with Crippen LogP contribution in [0.3, 0.4) is 0 Å². The summed E-state index contributed by atoms with van der Waals surface area (Å²) in [5.41, 5.74) is -3.46. The lowest BCUT2D eigenvalue weighted by Crippen LogP contribution is -2.59. The summed E-state index contributed by atoms with van der Waals surface area (Å²) in [4.78, 5) is 49.5. The molecule has 1 unspecified atom stereocenters. The zero-order valence-corrected chi connectivity index (χ0v) is 26.7. The first-order valence-electron chi connectivity index (χ1n) is 13.4. The molecule has 0 aliphatic carbocycles. The maximum atomic E-state index is 13.3. The van der Waals surface area contributed by atoms with E-state index in [1.165, 1.54) is 0 Å². The molecule has 1 fully saturated rings. The van der Waals surface area contributed by atoms with Gasteiger partial charge in [-0.25, -0.2) is 14.4 Å². The Hall–Kier alpha value is -1.79. The molecule has 11 heteroatoms. The van der Waals surface area contributed by atoms with E-state index in [0.717, 1.165) is 27.8 Å². The Morgan fingerprint density at radius 1 is 1.00 bits per heavy atom. The predicted molar refractivity (Wildman–Crippen MR) is 148 cm³/mol. The number of carbonyl (C=O) groups is 3. The normalized spacial score (nSPS) is 23.1. The highest BCUT2D eigenvalue weighted by atomic mass is 28.4. The number of methoxy groups -OCH3 is 3. The highest BCUT2D eigenvalue weighted by molar-refractivity contribution is 6.72. The molecule has 2 N–H and O–H groups in total. The fraction of sp³-hybridized carbons (Fsp3) is 0.821. The van der Waals surface area contributed by atoms with Gasteiger partial charge in [0.15, 0.2) is 14.1 Å². The lowest BCUT2D eigenvalue weighted by atomic mass is 9.75. The second kappa shape index (κ2) is 13.2. The molecule has 0 aromatic carbocycles. The zero-order valence-electron chi connectivity index (χ0n) is 25.7. The smallest absolute Gasteiger partial charge is 0.345 e. The average Bonchev–Trinajstić information content (AvgIpc) is 3.14. The number of hydrogen-bond acceptors (Lipinski definition) is 10. The Morgan fingerprint density at radius 3 is 2.00 bits per heavy atom. The van der Waals surface area contributed by atoms with Crippen molar-refractivity contribution in [3.05, 3.63) is 11.6 Å². The first-order chi connectivity index (χ1) is 17.7. The molecular formula is C28H50O10Si. The van der Waals surface area contributed by atoms with Crippen LogP contribution in [0.1, 0.15) is 67.7 Å². The van der Waals surface area contributed by atoms with Gasteiger partial charge in [0.05, 0.1) is 33.0 Å². The van der Waals surface area contributed by atoms with Gasteiger partial charge in [0.2, 0.25) is 5.60 Å². The average molecular weight is 575 g/mol. The van der Waals surface area contributed by atoms with Gasteiger partial charge in [0.25, 0.3) is 0 Å². The van der Waals surface area contributed by atoms with E-state index in [2.05, 4.69) is 25.5 Å². The van der Waals surface area contributed by atoms with Crippen LogP contribution in [-0.4, -0.2) is 81.1 Å². The van der Waals surface area contributed by atoms with Gasteiger partial charge in [-0.2, -0.15) is 0 Å². The second-order valence-electron chi connectivity index (χ2n) is 12.7. The summed E-state index contributed by atoms with van der Waals surface area (Å²) in [7, 11) is 0.533. The molecule has 0 radical (unpaired) electrons. The maximum Gasteiger partial charge on any atom is 0.345 e. The monoisotopic (exact) mass is 574 g/mol. The van der Waals surface area contributed by atoms with Crippen LogP contribution in [0.15, 0.2) is 11.6 Å². The van der Waals surface area contributed by atoms with Gasteiger partial charge in [-0.1, -0.05) is 34.6 Å². The summed E-state index contributed by atoms with van der Waals surface area (Å²) in [5.74, 6) is -4.24. The largest absolute Gasteiger partial charge is 0.467 e. The van der Waals surface area contributed by atoms with Crippen LogP contribution in [0.2, 0.25) is 18.1 Å². The molecule has 1 aliphatic rings. The van der Waals surface area contributed by atoms with E-state index in [9.17, 15) is 24.3 Å². The summed E-state index contributed by atoms with van der Waals surface area (Å²) in [6, 6.07) is 0. The van der Waals surface area contributed by atoms with Gasteiger partial charge in [-0.05, 0) is 69.0 Å². The third kappa shape index (κ3) is 8.60. The lowest BCUT2D eigenvalue weighted by Gasteiger charge is -2.42. The highest BCUT2D eigenvalue weighted by Crippen LogP contribution is 2.49. The fourth-order valence-corrected chi connectivity index (χ4v) is 6.02. The quantitative estimate of drug-likeness (QED) is 0.145. The first-order valence-corrected chi connectivity index (χ1v) is 16.4. The molecule has 1 heterocycles. The van der Waals surface area contributed by atoms with Crippen molar-refractivity contribution < 1.29 is 48.0 Å². The molecule has 0 bridgehead atoms. The van der Waals surface area contributed by atoms with Crippen molar-refractivity contribution in [1.29, 1.82) is 0 Å². The van der Waals surface area contributed by atoms with Crippen molar-refractivity contribution in [1.82, 2.24) is 0 Å². The number of rotatable bonds is 13. The molecule has 0 amide bonds. The molecule has 1 saturated heterocycles. The van der Waals surface area contributed by atoms with Crippen molar-refractivity contribution in [3.63, 3.8) is 0 Å². The van der Waals surface area contributed by atoms with Gasteiger partial charge < -0.3 is 33.6 Å². The number of esters is 3. The van der Waals surface area contributed by atoms with Crippen LogP contribution in [0, 0.1) is 17.8 Å². The topological polar surface area (TPSA) is 138 Å². The Balaban J connectivity index is 3.87. The predicted octanol–water partition coefficient (Wildman–Crippen LogP) is 3.74. The molecule has 39 heavy (non-hydrogen) atoms. The number of aliphatic hydroxyl groups is 1. The molecular weight excluding hydrogens is 524 g/mol. The van der Waals surface area contributed by atoms with Gasteiger partial charge in [0, 0.05) is 6.08 Å².